The molecule has 0 aliphatic carbocycles. The lowest BCUT2D eigenvalue weighted by Crippen LogP contribution is -3.00. The maximum atomic E-state index is 5.81. The molecule has 114 valence electrons. The molecular weight excluding hydrogens is 282 g/mol. The Kier molecular flexibility index (Phi) is 7.88. The van der Waals surface area contributed by atoms with E-state index in [-0.39, 0.29) is 13.8 Å². The quantitative estimate of drug-likeness (QED) is 0.777. The van der Waals surface area contributed by atoms with Crippen molar-refractivity contribution in [2.24, 2.45) is 0 Å². The van der Waals surface area contributed by atoms with Gasteiger partial charge in [-0.15, -0.1) is 0 Å². The summed E-state index contributed by atoms with van der Waals surface area (Å²) < 4.78 is 5.81. The van der Waals surface area contributed by atoms with E-state index in [4.69, 9.17) is 4.74 Å². The van der Waals surface area contributed by atoms with Gasteiger partial charge in [0.25, 0.3) is 0 Å². The molecule has 2 aromatic carbocycles. The fourth-order valence-electron chi connectivity index (χ4n) is 2.05. The molecule has 21 heavy (non-hydrogen) atoms. The molecular formula is C18H24ClNO. The van der Waals surface area contributed by atoms with Crippen LogP contribution in [0.5, 0.6) is 5.75 Å². The first-order valence-corrected chi connectivity index (χ1v) is 7.27. The maximum absolute atomic E-state index is 5.81. The number of hydrogen-bond donors (Lipinski definition) is 1. The van der Waals surface area contributed by atoms with E-state index in [1.807, 2.05) is 18.2 Å². The highest BCUT2D eigenvalue weighted by Crippen LogP contribution is 2.23. The summed E-state index contributed by atoms with van der Waals surface area (Å²) >= 11 is 0. The van der Waals surface area contributed by atoms with E-state index in [1.54, 1.807) is 0 Å². The van der Waals surface area contributed by atoms with Crippen molar-refractivity contribution in [3.63, 3.8) is 0 Å². The number of nitrogens with one attached hydrogen (secondary N) is 1. The van der Waals surface area contributed by atoms with Crippen LogP contribution in [0, 0.1) is 0 Å². The Labute approximate surface area is 135 Å². The molecule has 0 aromatic heterocycles. The van der Waals surface area contributed by atoms with Crippen LogP contribution >= 0.6 is 0 Å². The predicted octanol–water partition coefficient (Wildman–Crippen LogP) is 1.24. The molecule has 0 radical (unpaired) electrons. The second kappa shape index (κ2) is 9.43. The highest BCUT2D eigenvalue weighted by molar-refractivity contribution is 5.64. The molecule has 0 atom stereocenters. The molecule has 0 aliphatic rings. The fourth-order valence-corrected chi connectivity index (χ4v) is 2.05. The first-order valence-electron chi connectivity index (χ1n) is 7.27. The van der Waals surface area contributed by atoms with Crippen LogP contribution in [0.1, 0.15) is 21.7 Å². The predicted molar refractivity (Wildman–Crippen MR) is 86.2 cm³/mol. The molecule has 0 saturated heterocycles. The molecule has 2 rings (SSSR count). The summed E-state index contributed by atoms with van der Waals surface area (Å²) in [6, 6.07) is 19.2. The molecule has 2 nitrogen and oxygen atoms in total. The number of halogens is 1. The van der Waals surface area contributed by atoms with Crippen molar-refractivity contribution < 1.29 is 18.6 Å². The van der Waals surface area contributed by atoms with Gasteiger partial charge in [-0.25, -0.2) is 0 Å². The van der Waals surface area contributed by atoms with Crippen LogP contribution < -0.4 is 22.5 Å². The van der Waals surface area contributed by atoms with Crippen LogP contribution in [0.25, 0.3) is 11.1 Å². The third-order valence-electron chi connectivity index (χ3n) is 3.08. The van der Waals surface area contributed by atoms with E-state index in [1.165, 1.54) is 11.1 Å². The summed E-state index contributed by atoms with van der Waals surface area (Å²) in [4.78, 5) is 0. The van der Waals surface area contributed by atoms with Gasteiger partial charge in [0.15, 0.2) is 0 Å². The minimum atomic E-state index is 0. The minimum Gasteiger partial charge on any atom is -1.00 e. The highest BCUT2D eigenvalue weighted by atomic mass is 35.5. The van der Waals surface area contributed by atoms with Crippen molar-refractivity contribution in [2.75, 3.05) is 13.2 Å². The lowest BCUT2D eigenvalue weighted by molar-refractivity contribution is -0.00000486. The van der Waals surface area contributed by atoms with Gasteiger partial charge in [0, 0.05) is 6.04 Å². The Morgan fingerprint density at radius 1 is 1.00 bits per heavy atom. The molecule has 0 spiro atoms. The minimum absolute atomic E-state index is 0. The number of benzene rings is 2. The number of ether oxygens (including phenoxy) is 1. The Morgan fingerprint density at radius 3 is 2.43 bits per heavy atom. The van der Waals surface area contributed by atoms with E-state index in [2.05, 4.69) is 55.6 Å². The topological polar surface area (TPSA) is 21.3 Å². The first kappa shape index (κ1) is 17.5. The summed E-state index contributed by atoms with van der Waals surface area (Å²) in [5, 5.41) is 3.39. The first-order chi connectivity index (χ1) is 9.75. The summed E-state index contributed by atoms with van der Waals surface area (Å²) in [6.45, 7) is 6.06. The van der Waals surface area contributed by atoms with Gasteiger partial charge in [0.2, 0.25) is 0 Å². The van der Waals surface area contributed by atoms with Gasteiger partial charge in [-0.3, -0.25) is 0 Å². The Hall–Kier alpha value is -1.51. The van der Waals surface area contributed by atoms with Gasteiger partial charge in [-0.05, 0) is 36.2 Å². The second-order valence-electron chi connectivity index (χ2n) is 5.20. The van der Waals surface area contributed by atoms with Crippen molar-refractivity contribution in [3.8, 4) is 16.9 Å². The third-order valence-corrected chi connectivity index (χ3v) is 3.08. The van der Waals surface area contributed by atoms with Gasteiger partial charge in [-0.2, -0.15) is 0 Å². The van der Waals surface area contributed by atoms with Crippen LogP contribution in [0.2, 0.25) is 0 Å². The van der Waals surface area contributed by atoms with E-state index >= 15 is 0 Å². The zero-order valence-electron chi connectivity index (χ0n) is 13.7. The van der Waals surface area contributed by atoms with E-state index < -0.39 is 0 Å². The van der Waals surface area contributed by atoms with Gasteiger partial charge in [0.1, 0.15) is 5.75 Å². The standard InChI is InChI=1S/C18H23NO.ClH/c1-15(2)19-12-7-13-20-18-11-6-10-17(14-18)16-8-4-3-5-9-16;/h3-6,8-11,14-15,19H,7,12-13H2,1-2H3;1H. The van der Waals surface area contributed by atoms with E-state index in [0.717, 1.165) is 25.3 Å². The van der Waals surface area contributed by atoms with Crippen molar-refractivity contribution in [2.45, 2.75) is 26.3 Å². The lowest BCUT2D eigenvalue weighted by Gasteiger charge is -2.10. The van der Waals surface area contributed by atoms with Crippen LogP contribution in [0.15, 0.2) is 54.6 Å². The number of rotatable bonds is 7. The van der Waals surface area contributed by atoms with Crippen LogP contribution in [-0.4, -0.2) is 19.2 Å². The van der Waals surface area contributed by atoms with Crippen molar-refractivity contribution in [1.82, 2.24) is 5.32 Å². The van der Waals surface area contributed by atoms with Crippen LogP contribution in [-0.2, 0) is 0 Å². The van der Waals surface area contributed by atoms with Crippen LogP contribution in [0.3, 0.4) is 0 Å². The average Bonchev–Trinajstić information content (AvgIpc) is 2.48. The third kappa shape index (κ3) is 6.19. The van der Waals surface area contributed by atoms with Crippen molar-refractivity contribution >= 4 is 0 Å². The summed E-state index contributed by atoms with van der Waals surface area (Å²) in [6.07, 6.45) is 1.02. The largest absolute Gasteiger partial charge is 1.00 e. The van der Waals surface area contributed by atoms with Crippen molar-refractivity contribution in [1.29, 1.82) is 0 Å². The van der Waals surface area contributed by atoms with Crippen LogP contribution in [0.4, 0.5) is 0 Å². The number of hydrogen-bond acceptors (Lipinski definition) is 2. The molecule has 0 fully saturated rings. The Balaban J connectivity index is 0.00000220. The molecule has 2 aromatic rings. The molecule has 0 unspecified atom stereocenters. The monoisotopic (exact) mass is 305 g/mol. The molecule has 0 amide bonds. The Morgan fingerprint density at radius 2 is 1.71 bits per heavy atom. The lowest BCUT2D eigenvalue weighted by atomic mass is 10.1. The molecule has 0 bridgehead atoms. The fraction of sp³-hybridized carbons (Fsp3) is 0.333. The molecule has 1 N–H and O–H groups in total. The molecule has 0 aliphatic heterocycles. The molecule has 0 saturated carbocycles. The van der Waals surface area contributed by atoms with E-state index in [9.17, 15) is 0 Å². The average molecular weight is 306 g/mol. The maximum Gasteiger partial charge on any atom is 1.00 e. The molecule has 0 heterocycles. The summed E-state index contributed by atoms with van der Waals surface area (Å²) in [7, 11) is 0. The highest BCUT2D eigenvalue weighted by Gasteiger charge is 1.99. The molecule has 3 heteroatoms. The summed E-state index contributed by atoms with van der Waals surface area (Å²) in [5.41, 5.74) is 2.42. The normalized spacial score (nSPS) is 10.2. The SMILES string of the molecule is CC(C)NCCCOc1cccc(-c2ccccc2)c1.[Cl-].[H+]. The zero-order chi connectivity index (χ0) is 14.2. The second-order valence-corrected chi connectivity index (χ2v) is 5.20. The van der Waals surface area contributed by atoms with Gasteiger partial charge in [0.05, 0.1) is 6.61 Å². The van der Waals surface area contributed by atoms with Gasteiger partial charge >= 0.3 is 1.43 Å². The van der Waals surface area contributed by atoms with E-state index in [0.29, 0.717) is 6.04 Å². The van der Waals surface area contributed by atoms with Crippen molar-refractivity contribution in [3.05, 3.63) is 54.6 Å². The summed E-state index contributed by atoms with van der Waals surface area (Å²) in [5.74, 6) is 0.941. The Bertz CT molecular complexity index is 520. The van der Waals surface area contributed by atoms with Gasteiger partial charge in [-0.1, -0.05) is 56.3 Å². The zero-order valence-corrected chi connectivity index (χ0v) is 13.4. The smallest absolute Gasteiger partial charge is 1.00 e. The van der Waals surface area contributed by atoms with Gasteiger partial charge < -0.3 is 22.5 Å².